The van der Waals surface area contributed by atoms with E-state index in [9.17, 15) is 4.79 Å². The van der Waals surface area contributed by atoms with Crippen LogP contribution in [-0.2, 0) is 43.6 Å². The molecule has 1 aliphatic rings. The van der Waals surface area contributed by atoms with Crippen molar-refractivity contribution in [2.45, 2.75) is 110 Å². The quantitative estimate of drug-likeness (QED) is 0.0783. The van der Waals surface area contributed by atoms with Gasteiger partial charge in [-0.25, -0.2) is 4.79 Å². The number of carbonyl (C=O) groups excluding carboxylic acids is 1. The van der Waals surface area contributed by atoms with E-state index in [1.165, 1.54) is 11.1 Å². The van der Waals surface area contributed by atoms with Crippen LogP contribution in [0.2, 0.25) is 0 Å². The van der Waals surface area contributed by atoms with Gasteiger partial charge in [-0.15, -0.1) is 5.06 Å². The smallest absolute Gasteiger partial charge is 0.494 e. The molecule has 8 nitrogen and oxygen atoms in total. The molecule has 1 unspecified atom stereocenters. The molecule has 0 saturated carbocycles. The Balaban J connectivity index is 1.32. The number of hydrogen-bond donors (Lipinski definition) is 0. The predicted molar refractivity (Wildman–Crippen MR) is 213 cm³/mol. The maximum Gasteiger partial charge on any atom is 0.528 e. The highest BCUT2D eigenvalue weighted by atomic mass is 16.8. The van der Waals surface area contributed by atoms with Crippen molar-refractivity contribution in [3.05, 3.63) is 137 Å². The molecule has 4 aromatic rings. The van der Waals surface area contributed by atoms with Gasteiger partial charge < -0.3 is 28.5 Å². The lowest BCUT2D eigenvalue weighted by molar-refractivity contribution is -0.209. The van der Waals surface area contributed by atoms with Gasteiger partial charge in [-0.3, -0.25) is 0 Å². The topological polar surface area (TPSA) is 75.7 Å². The highest BCUT2D eigenvalue weighted by molar-refractivity contribution is 5.60. The monoisotopic (exact) mass is 737 g/mol. The molecule has 1 fully saturated rings. The Hall–Kier alpha value is -4.21. The zero-order chi connectivity index (χ0) is 38.5. The minimum Gasteiger partial charge on any atom is -0.494 e. The second kappa shape index (κ2) is 19.9. The summed E-state index contributed by atoms with van der Waals surface area (Å²) in [5, 5.41) is 1.63. The summed E-state index contributed by atoms with van der Waals surface area (Å²) in [6, 6.07) is 35.5. The van der Waals surface area contributed by atoms with Crippen molar-refractivity contribution >= 4 is 6.16 Å². The first-order valence-corrected chi connectivity index (χ1v) is 19.3. The summed E-state index contributed by atoms with van der Waals surface area (Å²) in [6.07, 6.45) is -0.702. The Morgan fingerprint density at radius 1 is 0.667 bits per heavy atom. The van der Waals surface area contributed by atoms with Crippen LogP contribution in [0.3, 0.4) is 0 Å². The van der Waals surface area contributed by atoms with E-state index in [0.29, 0.717) is 58.0 Å². The second-order valence-electron chi connectivity index (χ2n) is 15.7. The predicted octanol–water partition coefficient (Wildman–Crippen LogP) is 10.4. The summed E-state index contributed by atoms with van der Waals surface area (Å²) in [4.78, 5) is 18.7. The van der Waals surface area contributed by atoms with Crippen LogP contribution in [0.25, 0.3) is 0 Å². The van der Waals surface area contributed by atoms with Crippen LogP contribution < -0.4 is 4.74 Å². The summed E-state index contributed by atoms with van der Waals surface area (Å²) >= 11 is 0. The van der Waals surface area contributed by atoms with Crippen LogP contribution in [-0.4, -0.2) is 55.3 Å². The fourth-order valence-corrected chi connectivity index (χ4v) is 6.44. The van der Waals surface area contributed by atoms with E-state index in [0.717, 1.165) is 34.4 Å². The number of piperidine rings is 1. The maximum atomic E-state index is 12.9. The van der Waals surface area contributed by atoms with Crippen molar-refractivity contribution in [1.29, 1.82) is 0 Å². The van der Waals surface area contributed by atoms with Gasteiger partial charge in [0.25, 0.3) is 0 Å². The zero-order valence-corrected chi connectivity index (χ0v) is 33.2. The van der Waals surface area contributed by atoms with Gasteiger partial charge in [0.1, 0.15) is 11.4 Å². The lowest BCUT2D eigenvalue weighted by atomic mass is 9.85. The molecule has 0 radical (unpaired) electrons. The normalized spacial score (nSPS) is 17.8. The molecule has 0 spiro atoms. The van der Waals surface area contributed by atoms with E-state index in [-0.39, 0.29) is 18.1 Å². The van der Waals surface area contributed by atoms with Crippen LogP contribution in [0.1, 0.15) is 106 Å². The molecule has 0 bridgehead atoms. The lowest BCUT2D eigenvalue weighted by Crippen LogP contribution is -2.53. The largest absolute Gasteiger partial charge is 0.528 e. The van der Waals surface area contributed by atoms with Gasteiger partial charge in [0.05, 0.1) is 58.3 Å². The molecule has 4 aromatic carbocycles. The van der Waals surface area contributed by atoms with Gasteiger partial charge >= 0.3 is 6.16 Å². The average Bonchev–Trinajstić information content (AvgIpc) is 3.14. The number of nitrogens with zero attached hydrogens (tertiary/aromatic N) is 1. The molecule has 5 rings (SSSR count). The van der Waals surface area contributed by atoms with E-state index in [1.54, 1.807) is 5.06 Å². The maximum absolute atomic E-state index is 12.9. The minimum absolute atomic E-state index is 0.159. The van der Waals surface area contributed by atoms with Crippen molar-refractivity contribution in [1.82, 2.24) is 5.06 Å². The molecule has 54 heavy (non-hydrogen) atoms. The third kappa shape index (κ3) is 13.0. The standard InChI is InChI=1S/C46H59NO7/c1-33(2)38-18-14-36(15-19-38)31-51-42-28-47(54-45(48)53-46(5,6)7)29-43(52-32-37-16-20-39(21-17-37)34(3)4)44(42)40-22-24-41(25-23-40)50-27-11-26-49-30-35-12-9-8-10-13-35/h8-10,12-25,33-34,42-44H,11,26-32H2,1-7H3/t42-,43+,44?. The number of ether oxygens (including phenoxy) is 5. The van der Waals surface area contributed by atoms with Crippen LogP contribution in [0.15, 0.2) is 103 Å². The number of carbonyl (C=O) groups is 1. The second-order valence-corrected chi connectivity index (χ2v) is 15.7. The SMILES string of the molecule is CC(C)c1ccc(CO[C@H]2CN(OC(=O)OC(C)(C)C)C[C@@H](OCc3ccc(C(C)C)cc3)C2c2ccc(OCCCOCc3ccccc3)cc2)cc1. The van der Waals surface area contributed by atoms with E-state index in [1.807, 2.05) is 51.1 Å². The summed E-state index contributed by atoms with van der Waals surface area (Å²) in [5.74, 6) is 1.52. The molecule has 1 aliphatic heterocycles. The van der Waals surface area contributed by atoms with E-state index in [4.69, 9.17) is 28.5 Å². The summed E-state index contributed by atoms with van der Waals surface area (Å²) in [5.41, 5.74) is 6.24. The lowest BCUT2D eigenvalue weighted by Gasteiger charge is -2.42. The Morgan fingerprint density at radius 2 is 1.19 bits per heavy atom. The van der Waals surface area contributed by atoms with Crippen molar-refractivity contribution in [3.63, 3.8) is 0 Å². The highest BCUT2D eigenvalue weighted by Crippen LogP contribution is 2.35. The molecule has 1 heterocycles. The van der Waals surface area contributed by atoms with Crippen molar-refractivity contribution in [2.75, 3.05) is 26.3 Å². The Bertz CT molecular complexity index is 1620. The zero-order valence-electron chi connectivity index (χ0n) is 33.2. The first-order valence-electron chi connectivity index (χ1n) is 19.3. The van der Waals surface area contributed by atoms with E-state index < -0.39 is 11.8 Å². The molecule has 290 valence electrons. The van der Waals surface area contributed by atoms with Crippen molar-refractivity contribution < 1.29 is 33.3 Å². The van der Waals surface area contributed by atoms with Crippen molar-refractivity contribution in [2.24, 2.45) is 0 Å². The van der Waals surface area contributed by atoms with Gasteiger partial charge in [0, 0.05) is 12.3 Å². The van der Waals surface area contributed by atoms with Crippen LogP contribution in [0.4, 0.5) is 4.79 Å². The third-order valence-corrected chi connectivity index (χ3v) is 9.46. The molecular formula is C46H59NO7. The molecule has 0 aliphatic carbocycles. The first kappa shape index (κ1) is 41.0. The van der Waals surface area contributed by atoms with Gasteiger partial charge in [0.2, 0.25) is 0 Å². The minimum atomic E-state index is -0.751. The first-order chi connectivity index (χ1) is 25.9. The molecular weight excluding hydrogens is 679 g/mol. The fraction of sp³-hybridized carbons (Fsp3) is 0.457. The highest BCUT2D eigenvalue weighted by Gasteiger charge is 2.41. The number of hydroxylamine groups is 2. The number of rotatable bonds is 17. The van der Waals surface area contributed by atoms with E-state index in [2.05, 4.69) is 100 Å². The van der Waals surface area contributed by atoms with Crippen LogP contribution in [0, 0.1) is 0 Å². The molecule has 8 heteroatoms. The van der Waals surface area contributed by atoms with Crippen LogP contribution in [0.5, 0.6) is 5.75 Å². The molecule has 0 aromatic heterocycles. The summed E-state index contributed by atoms with van der Waals surface area (Å²) in [7, 11) is 0. The van der Waals surface area contributed by atoms with Gasteiger partial charge in [-0.2, -0.15) is 0 Å². The van der Waals surface area contributed by atoms with E-state index >= 15 is 0 Å². The van der Waals surface area contributed by atoms with Gasteiger partial charge in [0.15, 0.2) is 0 Å². The Labute approximate surface area is 322 Å². The molecule has 1 saturated heterocycles. The number of benzene rings is 4. The summed E-state index contributed by atoms with van der Waals surface area (Å²) in [6.45, 7) is 17.5. The fourth-order valence-electron chi connectivity index (χ4n) is 6.44. The van der Waals surface area contributed by atoms with Gasteiger partial charge in [-0.05, 0) is 78.1 Å². The average molecular weight is 738 g/mol. The molecule has 0 amide bonds. The summed E-state index contributed by atoms with van der Waals surface area (Å²) < 4.78 is 30.9. The molecule has 0 N–H and O–H groups in total. The van der Waals surface area contributed by atoms with Crippen LogP contribution >= 0.6 is 0 Å². The Morgan fingerprint density at radius 3 is 1.69 bits per heavy atom. The van der Waals surface area contributed by atoms with Crippen molar-refractivity contribution in [3.8, 4) is 5.75 Å². The van der Waals surface area contributed by atoms with Gasteiger partial charge in [-0.1, -0.05) is 119 Å². The number of hydrogen-bond acceptors (Lipinski definition) is 8. The third-order valence-electron chi connectivity index (χ3n) is 9.46. The Kier molecular flexibility index (Phi) is 15.1. The molecule has 3 atom stereocenters.